The average molecular weight is 234 g/mol. The van der Waals surface area contributed by atoms with Crippen LogP contribution in [0.2, 0.25) is 0 Å². The van der Waals surface area contributed by atoms with Gasteiger partial charge in [-0.15, -0.1) is 0 Å². The van der Waals surface area contributed by atoms with E-state index in [1.54, 1.807) is 25.4 Å². The highest BCUT2D eigenvalue weighted by molar-refractivity contribution is 5.83. The Hall–Kier alpha value is -2.11. The van der Waals surface area contributed by atoms with Gasteiger partial charge in [0, 0.05) is 24.3 Å². The van der Waals surface area contributed by atoms with Crippen LogP contribution in [0.5, 0.6) is 0 Å². The third kappa shape index (κ3) is 2.20. The summed E-state index contributed by atoms with van der Waals surface area (Å²) >= 11 is 0. The molecule has 6 heteroatoms. The van der Waals surface area contributed by atoms with Gasteiger partial charge in [0.1, 0.15) is 5.69 Å². The molecule has 90 valence electrons. The Kier molecular flexibility index (Phi) is 2.95. The van der Waals surface area contributed by atoms with Gasteiger partial charge in [0.2, 0.25) is 0 Å². The Labute approximate surface area is 98.9 Å². The number of nitrogen functional groups attached to an aromatic ring is 1. The number of nitro benzene ring substituents is 1. The van der Waals surface area contributed by atoms with Crippen molar-refractivity contribution in [1.82, 2.24) is 0 Å². The Morgan fingerprint density at radius 1 is 1.53 bits per heavy atom. The predicted molar refractivity (Wildman–Crippen MR) is 67.6 cm³/mol. The van der Waals surface area contributed by atoms with Crippen LogP contribution in [0.4, 0.5) is 17.1 Å². The van der Waals surface area contributed by atoms with E-state index in [2.05, 4.69) is 4.99 Å². The zero-order valence-corrected chi connectivity index (χ0v) is 9.59. The molecular formula is C11H14N4O2. The molecule has 0 unspecified atom stereocenters. The maximum atomic E-state index is 10.8. The molecule has 2 N–H and O–H groups in total. The van der Waals surface area contributed by atoms with Crippen LogP contribution in [0.1, 0.15) is 12.0 Å². The highest BCUT2D eigenvalue weighted by Crippen LogP contribution is 2.31. The number of nitrogens with zero attached hydrogens (tertiary/aromatic N) is 3. The number of aryl methyl sites for hydroxylation is 1. The fraction of sp³-hybridized carbons (Fsp3) is 0.364. The molecule has 0 spiro atoms. The van der Waals surface area contributed by atoms with E-state index in [0.717, 1.165) is 25.2 Å². The van der Waals surface area contributed by atoms with Crippen LogP contribution < -0.4 is 10.6 Å². The lowest BCUT2D eigenvalue weighted by Gasteiger charge is -2.23. The second-order valence-electron chi connectivity index (χ2n) is 4.03. The SMILES string of the molecule is Cc1cc(N2C=NCCC2)cc(N)c1[N+](=O)[O-]. The second kappa shape index (κ2) is 4.40. The molecular weight excluding hydrogens is 220 g/mol. The summed E-state index contributed by atoms with van der Waals surface area (Å²) in [6.07, 6.45) is 2.73. The van der Waals surface area contributed by atoms with Gasteiger partial charge in [-0.25, -0.2) is 0 Å². The number of benzene rings is 1. The number of hydrogen-bond donors (Lipinski definition) is 1. The second-order valence-corrected chi connectivity index (χ2v) is 4.03. The molecule has 0 saturated carbocycles. The largest absolute Gasteiger partial charge is 0.393 e. The van der Waals surface area contributed by atoms with Crippen molar-refractivity contribution in [2.45, 2.75) is 13.3 Å². The van der Waals surface area contributed by atoms with Crippen molar-refractivity contribution in [2.75, 3.05) is 23.7 Å². The van der Waals surface area contributed by atoms with Crippen LogP contribution in [0.25, 0.3) is 0 Å². The van der Waals surface area contributed by atoms with Crippen LogP contribution in [-0.2, 0) is 0 Å². The third-order valence-electron chi connectivity index (χ3n) is 2.74. The fourth-order valence-corrected chi connectivity index (χ4v) is 1.94. The summed E-state index contributed by atoms with van der Waals surface area (Å²) in [6.45, 7) is 3.39. The number of nitrogens with two attached hydrogens (primary N) is 1. The molecule has 0 aromatic heterocycles. The normalized spacial score (nSPS) is 15.0. The standard InChI is InChI=1S/C11H14N4O2/c1-8-5-9(14-4-2-3-13-7-14)6-10(12)11(8)15(16)17/h5-7H,2-4,12H2,1H3. The Morgan fingerprint density at radius 2 is 2.29 bits per heavy atom. The molecule has 1 aliphatic heterocycles. The van der Waals surface area contributed by atoms with Crippen molar-refractivity contribution in [3.05, 3.63) is 27.8 Å². The third-order valence-corrected chi connectivity index (χ3v) is 2.74. The van der Waals surface area contributed by atoms with Crippen molar-refractivity contribution in [3.8, 4) is 0 Å². The van der Waals surface area contributed by atoms with E-state index >= 15 is 0 Å². The zero-order valence-electron chi connectivity index (χ0n) is 9.59. The van der Waals surface area contributed by atoms with E-state index in [9.17, 15) is 10.1 Å². The number of aliphatic imine (C=N–C) groups is 1. The van der Waals surface area contributed by atoms with Gasteiger partial charge in [-0.3, -0.25) is 15.1 Å². The van der Waals surface area contributed by atoms with Crippen LogP contribution >= 0.6 is 0 Å². The fourth-order valence-electron chi connectivity index (χ4n) is 1.94. The summed E-state index contributed by atoms with van der Waals surface area (Å²) in [5.41, 5.74) is 7.33. The van der Waals surface area contributed by atoms with E-state index < -0.39 is 4.92 Å². The summed E-state index contributed by atoms with van der Waals surface area (Å²) in [5.74, 6) is 0. The molecule has 17 heavy (non-hydrogen) atoms. The summed E-state index contributed by atoms with van der Waals surface area (Å²) in [7, 11) is 0. The summed E-state index contributed by atoms with van der Waals surface area (Å²) in [4.78, 5) is 16.5. The number of rotatable bonds is 2. The van der Waals surface area contributed by atoms with Gasteiger partial charge in [-0.2, -0.15) is 0 Å². The minimum atomic E-state index is -0.446. The van der Waals surface area contributed by atoms with E-state index in [4.69, 9.17) is 5.73 Å². The van der Waals surface area contributed by atoms with Crippen LogP contribution in [0.15, 0.2) is 17.1 Å². The quantitative estimate of drug-likeness (QED) is 0.479. The van der Waals surface area contributed by atoms with E-state index in [0.29, 0.717) is 5.56 Å². The summed E-state index contributed by atoms with van der Waals surface area (Å²) in [5, 5.41) is 10.8. The molecule has 0 saturated heterocycles. The zero-order chi connectivity index (χ0) is 12.4. The monoisotopic (exact) mass is 234 g/mol. The van der Waals surface area contributed by atoms with Gasteiger partial charge in [0.25, 0.3) is 5.69 Å². The Balaban J connectivity index is 2.41. The van der Waals surface area contributed by atoms with Crippen LogP contribution in [0, 0.1) is 17.0 Å². The lowest BCUT2D eigenvalue weighted by molar-refractivity contribution is -0.384. The number of hydrogen-bond acceptors (Lipinski definition) is 5. The molecule has 6 nitrogen and oxygen atoms in total. The smallest absolute Gasteiger partial charge is 0.295 e. The highest BCUT2D eigenvalue weighted by Gasteiger charge is 2.18. The molecule has 0 atom stereocenters. The molecule has 0 amide bonds. The van der Waals surface area contributed by atoms with Crippen LogP contribution in [-0.4, -0.2) is 24.4 Å². The first kappa shape index (κ1) is 11.4. The van der Waals surface area contributed by atoms with Gasteiger partial charge in [-0.05, 0) is 25.5 Å². The predicted octanol–water partition coefficient (Wildman–Crippen LogP) is 1.72. The first-order valence-electron chi connectivity index (χ1n) is 5.40. The van der Waals surface area contributed by atoms with E-state index in [1.165, 1.54) is 0 Å². The maximum Gasteiger partial charge on any atom is 0.295 e. The minimum absolute atomic E-state index is 0.0114. The molecule has 1 aromatic carbocycles. The Bertz CT molecular complexity index is 461. The number of nitro groups is 1. The van der Waals surface area contributed by atoms with Crippen molar-refractivity contribution in [2.24, 2.45) is 4.99 Å². The molecule has 0 radical (unpaired) electrons. The van der Waals surface area contributed by atoms with E-state index in [-0.39, 0.29) is 11.4 Å². The topological polar surface area (TPSA) is 84.8 Å². The lowest BCUT2D eigenvalue weighted by Crippen LogP contribution is -2.26. The van der Waals surface area contributed by atoms with E-state index in [1.807, 2.05) is 4.90 Å². The first-order valence-corrected chi connectivity index (χ1v) is 5.40. The van der Waals surface area contributed by atoms with Gasteiger partial charge < -0.3 is 10.6 Å². The Morgan fingerprint density at radius 3 is 2.82 bits per heavy atom. The van der Waals surface area contributed by atoms with Gasteiger partial charge >= 0.3 is 0 Å². The minimum Gasteiger partial charge on any atom is -0.393 e. The van der Waals surface area contributed by atoms with Gasteiger partial charge in [0.15, 0.2) is 0 Å². The molecule has 1 heterocycles. The van der Waals surface area contributed by atoms with Gasteiger partial charge in [-0.1, -0.05) is 0 Å². The van der Waals surface area contributed by atoms with Crippen molar-refractivity contribution in [3.63, 3.8) is 0 Å². The van der Waals surface area contributed by atoms with Gasteiger partial charge in [0.05, 0.1) is 11.3 Å². The molecule has 1 aliphatic rings. The average Bonchev–Trinajstić information content (AvgIpc) is 2.28. The van der Waals surface area contributed by atoms with Crippen molar-refractivity contribution >= 4 is 23.4 Å². The highest BCUT2D eigenvalue weighted by atomic mass is 16.6. The lowest BCUT2D eigenvalue weighted by atomic mass is 10.1. The molecule has 1 aromatic rings. The molecule has 0 fully saturated rings. The van der Waals surface area contributed by atoms with Crippen molar-refractivity contribution < 1.29 is 4.92 Å². The van der Waals surface area contributed by atoms with Crippen molar-refractivity contribution in [1.29, 1.82) is 0 Å². The first-order chi connectivity index (χ1) is 8.09. The maximum absolute atomic E-state index is 10.8. The van der Waals surface area contributed by atoms with Crippen LogP contribution in [0.3, 0.4) is 0 Å². The summed E-state index contributed by atoms with van der Waals surface area (Å²) in [6, 6.07) is 3.40. The molecule has 0 aliphatic carbocycles. The summed E-state index contributed by atoms with van der Waals surface area (Å²) < 4.78 is 0. The molecule has 2 rings (SSSR count). The molecule has 0 bridgehead atoms. The number of anilines is 2.